The van der Waals surface area contributed by atoms with Crippen LogP contribution in [-0.2, 0) is 0 Å². The third-order valence-corrected chi connectivity index (χ3v) is 1.98. The van der Waals surface area contributed by atoms with E-state index in [4.69, 9.17) is 0 Å². The first kappa shape index (κ1) is 8.63. The summed E-state index contributed by atoms with van der Waals surface area (Å²) in [6.07, 6.45) is 2.06. The summed E-state index contributed by atoms with van der Waals surface area (Å²) in [5.41, 5.74) is 0. The lowest BCUT2D eigenvalue weighted by Crippen LogP contribution is -1.99. The first-order valence-electron chi connectivity index (χ1n) is 2.88. The van der Waals surface area contributed by atoms with Gasteiger partial charge in [0.15, 0.2) is 0 Å². The van der Waals surface area contributed by atoms with Crippen molar-refractivity contribution in [1.82, 2.24) is 5.32 Å². The van der Waals surface area contributed by atoms with Crippen LogP contribution in [0.1, 0.15) is 13.8 Å². The van der Waals surface area contributed by atoms with Crippen LogP contribution in [0.15, 0.2) is 22.6 Å². The molecule has 0 bridgehead atoms. The fourth-order valence-electron chi connectivity index (χ4n) is 0.304. The van der Waals surface area contributed by atoms with Crippen LogP contribution < -0.4 is 5.32 Å². The zero-order valence-electron chi connectivity index (χ0n) is 6.19. The van der Waals surface area contributed by atoms with Crippen LogP contribution in [0.5, 0.6) is 0 Å². The van der Waals surface area contributed by atoms with Crippen LogP contribution in [0.2, 0.25) is 0 Å². The van der Waals surface area contributed by atoms with Gasteiger partial charge in [-0.2, -0.15) is 0 Å². The van der Waals surface area contributed by atoms with Gasteiger partial charge in [-0.15, -0.1) is 0 Å². The topological polar surface area (TPSA) is 12.0 Å². The number of nitrogens with one attached hydrogen (secondary N) is 1. The summed E-state index contributed by atoms with van der Waals surface area (Å²) >= 11 is 1.66. The maximum absolute atomic E-state index is 3.77. The first-order valence-corrected chi connectivity index (χ1v) is 3.69. The summed E-state index contributed by atoms with van der Waals surface area (Å²) in [7, 11) is 1.87. The van der Waals surface area contributed by atoms with Gasteiger partial charge in [-0.1, -0.05) is 24.4 Å². The van der Waals surface area contributed by atoms with Crippen molar-refractivity contribution in [3.8, 4) is 0 Å². The average molecular weight is 143 g/mol. The van der Waals surface area contributed by atoms with Crippen molar-refractivity contribution in [2.75, 3.05) is 7.05 Å². The van der Waals surface area contributed by atoms with Crippen LogP contribution in [0.3, 0.4) is 0 Å². The summed E-state index contributed by atoms with van der Waals surface area (Å²) in [6.45, 7) is 7.85. The number of thioether (sulfide) groups is 1. The minimum atomic E-state index is 0.991. The van der Waals surface area contributed by atoms with Gasteiger partial charge in [-0.05, 0) is 18.8 Å². The number of rotatable bonds is 3. The molecule has 0 aliphatic carbocycles. The molecular weight excluding hydrogens is 130 g/mol. The highest BCUT2D eigenvalue weighted by Gasteiger charge is 1.89. The molecule has 0 aromatic rings. The van der Waals surface area contributed by atoms with Gasteiger partial charge >= 0.3 is 0 Å². The van der Waals surface area contributed by atoms with E-state index in [0.717, 1.165) is 5.03 Å². The molecule has 0 fully saturated rings. The van der Waals surface area contributed by atoms with E-state index in [0.29, 0.717) is 0 Å². The molecule has 0 radical (unpaired) electrons. The second-order valence-electron chi connectivity index (χ2n) is 1.67. The van der Waals surface area contributed by atoms with E-state index in [9.17, 15) is 0 Å². The Morgan fingerprint density at radius 1 is 1.67 bits per heavy atom. The van der Waals surface area contributed by atoms with Gasteiger partial charge in [0, 0.05) is 7.05 Å². The highest BCUT2D eigenvalue weighted by Crippen LogP contribution is 2.19. The Labute approximate surface area is 61.2 Å². The largest absolute Gasteiger partial charge is 0.383 e. The molecule has 0 amide bonds. The lowest BCUT2D eigenvalue weighted by molar-refractivity contribution is 1.09. The van der Waals surface area contributed by atoms with Gasteiger partial charge < -0.3 is 5.32 Å². The van der Waals surface area contributed by atoms with Gasteiger partial charge in [0.25, 0.3) is 0 Å². The Balaban J connectivity index is 3.60. The second kappa shape index (κ2) is 4.50. The Hall–Kier alpha value is -0.370. The fraction of sp³-hybridized carbons (Fsp3) is 0.429. The van der Waals surface area contributed by atoms with Crippen LogP contribution in [-0.4, -0.2) is 7.05 Å². The first-order chi connectivity index (χ1) is 4.20. The Morgan fingerprint density at radius 2 is 2.22 bits per heavy atom. The molecule has 1 N–H and O–H groups in total. The molecule has 0 aromatic heterocycles. The molecular formula is C7H13NS. The normalized spacial score (nSPS) is 11.2. The molecule has 0 atom stereocenters. The highest BCUT2D eigenvalue weighted by atomic mass is 32.2. The molecule has 1 nitrogen and oxygen atoms in total. The van der Waals surface area contributed by atoms with Gasteiger partial charge in [-0.3, -0.25) is 0 Å². The zero-order chi connectivity index (χ0) is 7.28. The summed E-state index contributed by atoms with van der Waals surface area (Å²) in [5.74, 6) is 0. The van der Waals surface area contributed by atoms with Crippen molar-refractivity contribution in [3.63, 3.8) is 0 Å². The van der Waals surface area contributed by atoms with Crippen LogP contribution in [0.25, 0.3) is 0 Å². The van der Waals surface area contributed by atoms with Crippen molar-refractivity contribution in [2.45, 2.75) is 13.8 Å². The molecule has 0 heterocycles. The quantitative estimate of drug-likeness (QED) is 0.650. The van der Waals surface area contributed by atoms with E-state index in [1.165, 1.54) is 4.91 Å². The molecule has 52 valence electrons. The fourth-order valence-corrected chi connectivity index (χ4v) is 0.913. The molecule has 0 spiro atoms. The SMILES string of the molecule is C=C(NC)S/C(C)=C/C. The maximum Gasteiger partial charge on any atom is 0.0650 e. The summed E-state index contributed by atoms with van der Waals surface area (Å²) < 4.78 is 0. The minimum absolute atomic E-state index is 0.991. The summed E-state index contributed by atoms with van der Waals surface area (Å²) in [5, 5.41) is 3.95. The Morgan fingerprint density at radius 3 is 2.56 bits per heavy atom. The zero-order valence-corrected chi connectivity index (χ0v) is 7.01. The van der Waals surface area contributed by atoms with E-state index in [1.807, 2.05) is 14.0 Å². The summed E-state index contributed by atoms with van der Waals surface area (Å²) in [6, 6.07) is 0. The van der Waals surface area contributed by atoms with E-state index < -0.39 is 0 Å². The van der Waals surface area contributed by atoms with Gasteiger partial charge in [0.2, 0.25) is 0 Å². The highest BCUT2D eigenvalue weighted by molar-refractivity contribution is 8.06. The molecule has 0 rings (SSSR count). The molecule has 9 heavy (non-hydrogen) atoms. The van der Waals surface area contributed by atoms with Crippen molar-refractivity contribution in [1.29, 1.82) is 0 Å². The predicted molar refractivity (Wildman–Crippen MR) is 45.2 cm³/mol. The average Bonchev–Trinajstić information content (AvgIpc) is 1.87. The van der Waals surface area contributed by atoms with Gasteiger partial charge in [-0.25, -0.2) is 0 Å². The molecule has 0 saturated heterocycles. The monoisotopic (exact) mass is 143 g/mol. The molecule has 0 unspecified atom stereocenters. The Bertz CT molecular complexity index is 127. The molecule has 0 aliphatic rings. The van der Waals surface area contributed by atoms with Crippen LogP contribution in [0, 0.1) is 0 Å². The molecule has 2 heteroatoms. The van der Waals surface area contributed by atoms with Crippen LogP contribution in [0.4, 0.5) is 0 Å². The van der Waals surface area contributed by atoms with Gasteiger partial charge in [0.05, 0.1) is 5.03 Å². The molecule has 0 aliphatic heterocycles. The van der Waals surface area contributed by atoms with Crippen molar-refractivity contribution >= 4 is 11.8 Å². The van der Waals surface area contributed by atoms with Crippen LogP contribution >= 0.6 is 11.8 Å². The summed E-state index contributed by atoms with van der Waals surface area (Å²) in [4.78, 5) is 1.27. The minimum Gasteiger partial charge on any atom is -0.383 e. The van der Waals surface area contributed by atoms with Crippen molar-refractivity contribution < 1.29 is 0 Å². The van der Waals surface area contributed by atoms with Crippen molar-refractivity contribution in [2.24, 2.45) is 0 Å². The second-order valence-corrected chi connectivity index (χ2v) is 3.02. The number of hydrogen-bond acceptors (Lipinski definition) is 2. The van der Waals surface area contributed by atoms with E-state index in [-0.39, 0.29) is 0 Å². The lowest BCUT2D eigenvalue weighted by Gasteiger charge is -2.01. The van der Waals surface area contributed by atoms with E-state index >= 15 is 0 Å². The van der Waals surface area contributed by atoms with Crippen molar-refractivity contribution in [3.05, 3.63) is 22.6 Å². The predicted octanol–water partition coefficient (Wildman–Crippen LogP) is 2.33. The van der Waals surface area contributed by atoms with Gasteiger partial charge in [0.1, 0.15) is 0 Å². The lowest BCUT2D eigenvalue weighted by atomic mass is 10.6. The smallest absolute Gasteiger partial charge is 0.0650 e. The maximum atomic E-state index is 3.77. The van der Waals surface area contributed by atoms with E-state index in [2.05, 4.69) is 24.9 Å². The Kier molecular flexibility index (Phi) is 4.32. The third kappa shape index (κ3) is 4.15. The van der Waals surface area contributed by atoms with E-state index in [1.54, 1.807) is 11.8 Å². The third-order valence-electron chi connectivity index (χ3n) is 0.970. The number of allylic oxidation sites excluding steroid dienone is 2. The number of hydrogen-bond donors (Lipinski definition) is 1. The standard InChI is InChI=1S/C7H13NS/c1-5-6(2)9-7(3)8-4/h5,8H,3H2,1-2,4H3/b6-5+. The molecule has 0 saturated carbocycles. The molecule has 0 aromatic carbocycles.